The van der Waals surface area contributed by atoms with E-state index in [-0.39, 0.29) is 12.0 Å². The average Bonchev–Trinajstić information content (AvgIpc) is 2.96. The largest absolute Gasteiger partial charge is 0.464 e. The van der Waals surface area contributed by atoms with Crippen LogP contribution in [0.2, 0.25) is 0 Å². The molecule has 0 radical (unpaired) electrons. The maximum Gasteiger partial charge on any atom is 0.328 e. The summed E-state index contributed by atoms with van der Waals surface area (Å²) in [7, 11) is 0. The lowest BCUT2D eigenvalue weighted by Crippen LogP contribution is -2.46. The Morgan fingerprint density at radius 1 is 1.50 bits per heavy atom. The lowest BCUT2D eigenvalue weighted by Gasteiger charge is -2.34. The molecular formula is C13H17N5O2. The zero-order valence-electron chi connectivity index (χ0n) is 11.4. The first-order valence-electron chi connectivity index (χ1n) is 6.89. The van der Waals surface area contributed by atoms with E-state index in [2.05, 4.69) is 15.2 Å². The standard InChI is InChI=1S/C13H17N5O2/c1-2-20-13(19)10-5-3-4-7-18(10)11-12-16-15-9-17(12)8-6-14-11/h6,8-10H,2-5,7H2,1H3. The number of rotatable bonds is 3. The van der Waals surface area contributed by atoms with Gasteiger partial charge in [-0.15, -0.1) is 10.2 Å². The predicted molar refractivity (Wildman–Crippen MR) is 72.4 cm³/mol. The van der Waals surface area contributed by atoms with Crippen molar-refractivity contribution in [3.63, 3.8) is 0 Å². The Labute approximate surface area is 116 Å². The van der Waals surface area contributed by atoms with Crippen LogP contribution in [0.5, 0.6) is 0 Å². The van der Waals surface area contributed by atoms with Gasteiger partial charge in [-0.05, 0) is 26.2 Å². The Hall–Kier alpha value is -2.18. The number of hydrogen-bond acceptors (Lipinski definition) is 6. The molecule has 7 heteroatoms. The molecule has 1 unspecified atom stereocenters. The number of carbonyl (C=O) groups excluding carboxylic acids is 1. The van der Waals surface area contributed by atoms with Gasteiger partial charge in [0.2, 0.25) is 5.65 Å². The van der Waals surface area contributed by atoms with Gasteiger partial charge in [-0.1, -0.05) is 0 Å². The number of aromatic nitrogens is 4. The Bertz CT molecular complexity index is 612. The van der Waals surface area contributed by atoms with Crippen molar-refractivity contribution >= 4 is 17.4 Å². The van der Waals surface area contributed by atoms with Gasteiger partial charge in [0, 0.05) is 18.9 Å². The Balaban J connectivity index is 1.97. The van der Waals surface area contributed by atoms with Crippen LogP contribution in [0, 0.1) is 0 Å². The van der Waals surface area contributed by atoms with Crippen molar-refractivity contribution in [3.05, 3.63) is 18.7 Å². The van der Waals surface area contributed by atoms with E-state index in [0.717, 1.165) is 25.8 Å². The smallest absolute Gasteiger partial charge is 0.328 e. The highest BCUT2D eigenvalue weighted by Crippen LogP contribution is 2.26. The van der Waals surface area contributed by atoms with Gasteiger partial charge in [0.25, 0.3) is 0 Å². The van der Waals surface area contributed by atoms with Gasteiger partial charge in [-0.3, -0.25) is 4.40 Å². The first-order valence-corrected chi connectivity index (χ1v) is 6.89. The molecule has 7 nitrogen and oxygen atoms in total. The van der Waals surface area contributed by atoms with E-state index in [4.69, 9.17) is 4.74 Å². The van der Waals surface area contributed by atoms with Crippen molar-refractivity contribution in [2.75, 3.05) is 18.1 Å². The molecular weight excluding hydrogens is 258 g/mol. The molecule has 2 aromatic rings. The highest BCUT2D eigenvalue weighted by atomic mass is 16.5. The van der Waals surface area contributed by atoms with E-state index < -0.39 is 0 Å². The van der Waals surface area contributed by atoms with Crippen LogP contribution < -0.4 is 4.90 Å². The van der Waals surface area contributed by atoms with Crippen molar-refractivity contribution in [1.82, 2.24) is 19.6 Å². The van der Waals surface area contributed by atoms with Crippen LogP contribution in [0.3, 0.4) is 0 Å². The van der Waals surface area contributed by atoms with Crippen molar-refractivity contribution in [1.29, 1.82) is 0 Å². The molecule has 1 saturated heterocycles. The molecule has 0 amide bonds. The minimum Gasteiger partial charge on any atom is -0.464 e. The quantitative estimate of drug-likeness (QED) is 0.779. The van der Waals surface area contributed by atoms with Crippen molar-refractivity contribution in [3.8, 4) is 0 Å². The lowest BCUT2D eigenvalue weighted by atomic mass is 10.0. The minimum absolute atomic E-state index is 0.185. The molecule has 2 aromatic heterocycles. The minimum atomic E-state index is -0.279. The van der Waals surface area contributed by atoms with Crippen LogP contribution in [-0.2, 0) is 9.53 Å². The summed E-state index contributed by atoms with van der Waals surface area (Å²) in [5.41, 5.74) is 0.670. The fourth-order valence-electron chi connectivity index (χ4n) is 2.62. The average molecular weight is 275 g/mol. The third-order valence-electron chi connectivity index (χ3n) is 3.53. The highest BCUT2D eigenvalue weighted by Gasteiger charge is 2.32. The van der Waals surface area contributed by atoms with E-state index in [0.29, 0.717) is 18.1 Å². The second kappa shape index (κ2) is 5.44. The van der Waals surface area contributed by atoms with Gasteiger partial charge in [-0.25, -0.2) is 9.78 Å². The lowest BCUT2D eigenvalue weighted by molar-refractivity contribution is -0.145. The van der Waals surface area contributed by atoms with Crippen LogP contribution in [0.1, 0.15) is 26.2 Å². The van der Waals surface area contributed by atoms with Crippen LogP contribution in [0.25, 0.3) is 5.65 Å². The van der Waals surface area contributed by atoms with Crippen molar-refractivity contribution < 1.29 is 9.53 Å². The van der Waals surface area contributed by atoms with E-state index in [1.54, 1.807) is 23.1 Å². The normalized spacial score (nSPS) is 19.2. The van der Waals surface area contributed by atoms with Crippen molar-refractivity contribution in [2.45, 2.75) is 32.2 Å². The molecule has 3 rings (SSSR count). The number of piperidine rings is 1. The summed E-state index contributed by atoms with van der Waals surface area (Å²) < 4.78 is 6.98. The monoisotopic (exact) mass is 275 g/mol. The van der Waals surface area contributed by atoms with Crippen LogP contribution >= 0.6 is 0 Å². The van der Waals surface area contributed by atoms with Crippen LogP contribution in [-0.4, -0.2) is 44.7 Å². The molecule has 106 valence electrons. The maximum atomic E-state index is 12.1. The van der Waals surface area contributed by atoms with Gasteiger partial charge in [0.1, 0.15) is 12.4 Å². The van der Waals surface area contributed by atoms with Gasteiger partial charge >= 0.3 is 5.97 Å². The van der Waals surface area contributed by atoms with E-state index in [1.807, 2.05) is 11.8 Å². The summed E-state index contributed by atoms with van der Waals surface area (Å²) in [6, 6.07) is -0.279. The zero-order valence-corrected chi connectivity index (χ0v) is 11.4. The fourth-order valence-corrected chi connectivity index (χ4v) is 2.62. The van der Waals surface area contributed by atoms with E-state index in [1.165, 1.54) is 0 Å². The molecule has 1 fully saturated rings. The summed E-state index contributed by atoms with van der Waals surface area (Å²) in [4.78, 5) is 18.5. The number of carbonyl (C=O) groups is 1. The summed E-state index contributed by atoms with van der Waals surface area (Å²) in [6.45, 7) is 3.00. The van der Waals surface area contributed by atoms with E-state index >= 15 is 0 Å². The molecule has 0 spiro atoms. The number of esters is 1. The highest BCUT2D eigenvalue weighted by molar-refractivity contribution is 5.81. The first kappa shape index (κ1) is 12.8. The molecule has 1 aliphatic heterocycles. The van der Waals surface area contributed by atoms with Crippen molar-refractivity contribution in [2.24, 2.45) is 0 Å². The SMILES string of the molecule is CCOC(=O)C1CCCCN1c1nccn2cnnc12. The number of anilines is 1. The Morgan fingerprint density at radius 2 is 2.40 bits per heavy atom. The summed E-state index contributed by atoms with van der Waals surface area (Å²) in [5.74, 6) is 0.512. The topological polar surface area (TPSA) is 72.6 Å². The van der Waals surface area contributed by atoms with Gasteiger partial charge in [-0.2, -0.15) is 0 Å². The first-order chi connectivity index (χ1) is 9.81. The third-order valence-corrected chi connectivity index (χ3v) is 3.53. The number of fused-ring (bicyclic) bond motifs is 1. The molecule has 0 aliphatic carbocycles. The molecule has 0 aromatic carbocycles. The molecule has 0 N–H and O–H groups in total. The second-order valence-corrected chi connectivity index (χ2v) is 4.77. The summed E-state index contributed by atoms with van der Waals surface area (Å²) in [5, 5.41) is 7.98. The number of nitrogens with zero attached hydrogens (tertiary/aromatic N) is 5. The molecule has 0 saturated carbocycles. The zero-order chi connectivity index (χ0) is 13.9. The van der Waals surface area contributed by atoms with Gasteiger partial charge in [0.15, 0.2) is 5.82 Å². The Kier molecular flexibility index (Phi) is 3.49. The number of hydrogen-bond donors (Lipinski definition) is 0. The summed E-state index contributed by atoms with van der Waals surface area (Å²) in [6.07, 6.45) is 7.97. The molecule has 3 heterocycles. The summed E-state index contributed by atoms with van der Waals surface area (Å²) >= 11 is 0. The maximum absolute atomic E-state index is 12.1. The fraction of sp³-hybridized carbons (Fsp3) is 0.538. The molecule has 1 aliphatic rings. The molecule has 20 heavy (non-hydrogen) atoms. The van der Waals surface area contributed by atoms with Gasteiger partial charge in [0.05, 0.1) is 6.61 Å². The second-order valence-electron chi connectivity index (χ2n) is 4.77. The molecule has 0 bridgehead atoms. The van der Waals surface area contributed by atoms with Crippen LogP contribution in [0.4, 0.5) is 5.82 Å². The van der Waals surface area contributed by atoms with Crippen LogP contribution in [0.15, 0.2) is 18.7 Å². The predicted octanol–water partition coefficient (Wildman–Crippen LogP) is 1.05. The Morgan fingerprint density at radius 3 is 3.25 bits per heavy atom. The molecule has 1 atom stereocenters. The number of ether oxygens (including phenoxy) is 1. The third kappa shape index (κ3) is 2.19. The van der Waals surface area contributed by atoms with Gasteiger partial charge < -0.3 is 9.64 Å². The van der Waals surface area contributed by atoms with E-state index in [9.17, 15) is 4.79 Å².